The molecular weight excluding hydrogens is 397 g/mol. The number of hydrogen-bond acceptors (Lipinski definition) is 4. The van der Waals surface area contributed by atoms with Gasteiger partial charge < -0.3 is 9.72 Å². The minimum Gasteiger partial charge on any atom is -0.465 e. The zero-order valence-corrected chi connectivity index (χ0v) is 15.4. The molecule has 0 aliphatic carbocycles. The molecule has 0 fully saturated rings. The first-order chi connectivity index (χ1) is 11.9. The van der Waals surface area contributed by atoms with Crippen LogP contribution in [-0.4, -0.2) is 26.5 Å². The van der Waals surface area contributed by atoms with Crippen molar-refractivity contribution in [3.8, 4) is 0 Å². The van der Waals surface area contributed by atoms with Gasteiger partial charge in [0.25, 0.3) is 10.0 Å². The summed E-state index contributed by atoms with van der Waals surface area (Å²) < 4.78 is 71.6. The van der Waals surface area contributed by atoms with Gasteiger partial charge in [-0.05, 0) is 26.0 Å². The number of ether oxygens (including phenoxy) is 1. The Hall–Kier alpha value is -2.20. The van der Waals surface area contributed by atoms with Gasteiger partial charge in [0, 0.05) is 11.4 Å². The number of aromatic amines is 1. The van der Waals surface area contributed by atoms with Crippen LogP contribution in [0.4, 0.5) is 18.9 Å². The predicted molar refractivity (Wildman–Crippen MR) is 88.9 cm³/mol. The van der Waals surface area contributed by atoms with Crippen molar-refractivity contribution in [2.24, 2.45) is 0 Å². The van der Waals surface area contributed by atoms with E-state index in [-0.39, 0.29) is 17.0 Å². The molecule has 1 heterocycles. The fourth-order valence-electron chi connectivity index (χ4n) is 2.54. The van der Waals surface area contributed by atoms with E-state index in [2.05, 4.69) is 9.72 Å². The lowest BCUT2D eigenvalue weighted by atomic mass is 10.2. The van der Waals surface area contributed by atoms with E-state index in [4.69, 9.17) is 11.6 Å². The van der Waals surface area contributed by atoms with Gasteiger partial charge in [0.15, 0.2) is 0 Å². The number of methoxy groups -OCH3 is 1. The van der Waals surface area contributed by atoms with Crippen LogP contribution in [0.15, 0.2) is 23.1 Å². The lowest BCUT2D eigenvalue weighted by Crippen LogP contribution is -2.20. The number of benzene rings is 1. The molecule has 142 valence electrons. The van der Waals surface area contributed by atoms with Crippen LogP contribution in [0.25, 0.3) is 0 Å². The van der Waals surface area contributed by atoms with Gasteiger partial charge in [-0.2, -0.15) is 13.2 Å². The SMILES string of the molecule is COC(=O)c1c(C)[nH]c(C)c1S(=O)(=O)Nc1cccc(Cl)c1C(F)(F)F. The van der Waals surface area contributed by atoms with E-state index in [1.165, 1.54) is 19.9 Å². The van der Waals surface area contributed by atoms with Crippen LogP contribution in [0.3, 0.4) is 0 Å². The number of rotatable bonds is 4. The van der Waals surface area contributed by atoms with Crippen molar-refractivity contribution < 1.29 is 31.1 Å². The van der Waals surface area contributed by atoms with E-state index in [0.717, 1.165) is 19.2 Å². The summed E-state index contributed by atoms with van der Waals surface area (Å²) in [6, 6.07) is 3.10. The molecule has 0 amide bonds. The maximum Gasteiger partial charge on any atom is 0.419 e. The number of esters is 1. The molecular formula is C15H14ClF3N2O4S. The third-order valence-electron chi connectivity index (χ3n) is 3.52. The van der Waals surface area contributed by atoms with E-state index < -0.39 is 43.3 Å². The molecule has 11 heteroatoms. The number of nitrogens with one attached hydrogen (secondary N) is 2. The molecule has 2 rings (SSSR count). The number of hydrogen-bond donors (Lipinski definition) is 2. The molecule has 0 radical (unpaired) electrons. The van der Waals surface area contributed by atoms with Gasteiger partial charge in [0.05, 0.1) is 23.4 Å². The van der Waals surface area contributed by atoms with Crippen LogP contribution >= 0.6 is 11.6 Å². The molecule has 0 spiro atoms. The maximum atomic E-state index is 13.2. The summed E-state index contributed by atoms with van der Waals surface area (Å²) in [5.41, 5.74) is -2.08. The minimum absolute atomic E-state index is 0.0750. The third kappa shape index (κ3) is 3.65. The highest BCUT2D eigenvalue weighted by molar-refractivity contribution is 7.92. The summed E-state index contributed by atoms with van der Waals surface area (Å²) in [5.74, 6) is -0.936. The Morgan fingerprint density at radius 1 is 1.23 bits per heavy atom. The number of sulfonamides is 1. The Balaban J connectivity index is 2.64. The Morgan fingerprint density at radius 2 is 1.85 bits per heavy atom. The largest absolute Gasteiger partial charge is 0.465 e. The number of carbonyl (C=O) groups excluding carboxylic acids is 1. The molecule has 2 aromatic rings. The molecule has 0 saturated heterocycles. The maximum absolute atomic E-state index is 13.2. The zero-order chi connectivity index (χ0) is 19.9. The van der Waals surface area contributed by atoms with E-state index >= 15 is 0 Å². The molecule has 1 aromatic heterocycles. The minimum atomic E-state index is -4.88. The van der Waals surface area contributed by atoms with Crippen LogP contribution in [0, 0.1) is 13.8 Å². The van der Waals surface area contributed by atoms with Crippen LogP contribution < -0.4 is 4.72 Å². The Bertz CT molecular complexity index is 968. The second-order valence-electron chi connectivity index (χ2n) is 5.34. The number of alkyl halides is 3. The molecule has 2 N–H and O–H groups in total. The molecule has 1 aromatic carbocycles. The monoisotopic (exact) mass is 410 g/mol. The first kappa shape index (κ1) is 20.1. The molecule has 0 atom stereocenters. The van der Waals surface area contributed by atoms with Gasteiger partial charge in [-0.3, -0.25) is 4.72 Å². The van der Waals surface area contributed by atoms with Crippen molar-refractivity contribution in [3.05, 3.63) is 45.7 Å². The average Bonchev–Trinajstić information content (AvgIpc) is 2.79. The lowest BCUT2D eigenvalue weighted by molar-refractivity contribution is -0.136. The summed E-state index contributed by atoms with van der Waals surface area (Å²) in [7, 11) is -3.49. The van der Waals surface area contributed by atoms with Crippen molar-refractivity contribution in [2.45, 2.75) is 24.9 Å². The highest BCUT2D eigenvalue weighted by atomic mass is 35.5. The fraction of sp³-hybridized carbons (Fsp3) is 0.267. The predicted octanol–water partition coefficient (Wildman–Crippen LogP) is 3.89. The Labute approximate surface area is 152 Å². The third-order valence-corrected chi connectivity index (χ3v) is 5.37. The highest BCUT2D eigenvalue weighted by Gasteiger charge is 2.38. The number of aromatic nitrogens is 1. The van der Waals surface area contributed by atoms with E-state index in [1.54, 1.807) is 0 Å². The van der Waals surface area contributed by atoms with Crippen LogP contribution in [0.2, 0.25) is 5.02 Å². The second kappa shape index (κ2) is 6.84. The van der Waals surface area contributed by atoms with Crippen molar-refractivity contribution in [1.82, 2.24) is 4.98 Å². The standard InChI is InChI=1S/C15H14ClF3N2O4S/c1-7-11(14(22)25-3)13(8(2)20-7)26(23,24)21-10-6-4-5-9(16)12(10)15(17,18)19/h4-6,20-21H,1-3H3. The average molecular weight is 411 g/mol. The number of H-pyrrole nitrogens is 1. The summed E-state index contributed by atoms with van der Waals surface area (Å²) in [4.78, 5) is 14.1. The number of aryl methyl sites for hydroxylation is 2. The van der Waals surface area contributed by atoms with Gasteiger partial charge in [0.1, 0.15) is 10.5 Å². The normalized spacial score (nSPS) is 12.1. The van der Waals surface area contributed by atoms with E-state index in [0.29, 0.717) is 0 Å². The van der Waals surface area contributed by atoms with Crippen molar-refractivity contribution >= 4 is 33.3 Å². The fourth-order valence-corrected chi connectivity index (χ4v) is 4.34. The number of halogens is 4. The number of anilines is 1. The topological polar surface area (TPSA) is 88.3 Å². The second-order valence-corrected chi connectivity index (χ2v) is 7.36. The molecule has 0 aliphatic rings. The molecule has 0 bridgehead atoms. The quantitative estimate of drug-likeness (QED) is 0.748. The Morgan fingerprint density at radius 3 is 2.38 bits per heavy atom. The van der Waals surface area contributed by atoms with Crippen molar-refractivity contribution in [1.29, 1.82) is 0 Å². The number of carbonyl (C=O) groups is 1. The summed E-state index contributed by atoms with van der Waals surface area (Å²) in [5, 5.41) is -0.659. The van der Waals surface area contributed by atoms with Crippen molar-refractivity contribution in [3.63, 3.8) is 0 Å². The van der Waals surface area contributed by atoms with Gasteiger partial charge in [-0.25, -0.2) is 13.2 Å². The van der Waals surface area contributed by atoms with Crippen LogP contribution in [0.5, 0.6) is 0 Å². The first-order valence-corrected chi connectivity index (χ1v) is 8.92. The van der Waals surface area contributed by atoms with Crippen LogP contribution in [0.1, 0.15) is 27.3 Å². The Kier molecular flexibility index (Phi) is 5.29. The molecule has 6 nitrogen and oxygen atoms in total. The smallest absolute Gasteiger partial charge is 0.419 e. The van der Waals surface area contributed by atoms with Crippen LogP contribution in [-0.2, 0) is 20.9 Å². The molecule has 0 unspecified atom stereocenters. The van der Waals surface area contributed by atoms with E-state index in [1.807, 2.05) is 4.72 Å². The molecule has 0 saturated carbocycles. The van der Waals surface area contributed by atoms with Gasteiger partial charge in [-0.15, -0.1) is 0 Å². The molecule has 26 heavy (non-hydrogen) atoms. The molecule has 0 aliphatic heterocycles. The van der Waals surface area contributed by atoms with Crippen molar-refractivity contribution in [2.75, 3.05) is 11.8 Å². The van der Waals surface area contributed by atoms with Gasteiger partial charge in [-0.1, -0.05) is 17.7 Å². The lowest BCUT2D eigenvalue weighted by Gasteiger charge is -2.16. The van der Waals surface area contributed by atoms with E-state index in [9.17, 15) is 26.4 Å². The summed E-state index contributed by atoms with van der Waals surface area (Å²) in [6.07, 6.45) is -4.88. The van der Waals surface area contributed by atoms with Gasteiger partial charge in [0.2, 0.25) is 0 Å². The van der Waals surface area contributed by atoms with Gasteiger partial charge >= 0.3 is 12.1 Å². The highest BCUT2D eigenvalue weighted by Crippen LogP contribution is 2.40. The first-order valence-electron chi connectivity index (χ1n) is 7.06. The summed E-state index contributed by atoms with van der Waals surface area (Å²) >= 11 is 5.59. The summed E-state index contributed by atoms with van der Waals surface area (Å²) in [6.45, 7) is 2.81. The zero-order valence-electron chi connectivity index (χ0n) is 13.8.